The molecule has 6 nitrogen and oxygen atoms in total. The lowest BCUT2D eigenvalue weighted by molar-refractivity contribution is 0.580. The Morgan fingerprint density at radius 3 is 2.46 bits per heavy atom. The Bertz CT molecular complexity index is 623. The number of hydrogen-bond acceptors (Lipinski definition) is 4. The fourth-order valence-corrected chi connectivity index (χ4v) is 3.17. The molecule has 0 spiro atoms. The van der Waals surface area contributed by atoms with E-state index in [-0.39, 0.29) is 35.8 Å². The van der Waals surface area contributed by atoms with Gasteiger partial charge in [-0.3, -0.25) is 4.99 Å². The van der Waals surface area contributed by atoms with Crippen molar-refractivity contribution >= 4 is 45.5 Å². The number of sulfone groups is 1. The van der Waals surface area contributed by atoms with E-state index in [0.717, 1.165) is 31.9 Å². The zero-order valence-corrected chi connectivity index (χ0v) is 19.4. The molecule has 1 aromatic rings. The van der Waals surface area contributed by atoms with E-state index in [4.69, 9.17) is 0 Å². The number of unbranched alkanes of at least 4 members (excludes halogenated alkanes) is 1. The standard InChI is InChI=1S/C18H32N4O2S.HI/c1-16(12-15-25(4,23)24)21-18(19-2)20-13-8-9-14-22(3)17-10-6-5-7-11-17;/h5-7,10-11,16H,8-9,12-15H2,1-4H3,(H2,19,20,21);1H. The molecule has 150 valence electrons. The second-order valence-corrected chi connectivity index (χ2v) is 8.69. The molecule has 0 heterocycles. The van der Waals surface area contributed by atoms with Crippen LogP contribution in [0.15, 0.2) is 35.3 Å². The molecule has 0 amide bonds. The third kappa shape index (κ3) is 11.6. The van der Waals surface area contributed by atoms with E-state index < -0.39 is 9.84 Å². The first kappa shape index (κ1) is 25.0. The highest BCUT2D eigenvalue weighted by Gasteiger charge is 2.09. The van der Waals surface area contributed by atoms with Gasteiger partial charge in [0.15, 0.2) is 5.96 Å². The van der Waals surface area contributed by atoms with Crippen LogP contribution in [-0.2, 0) is 9.84 Å². The van der Waals surface area contributed by atoms with Crippen LogP contribution in [0.2, 0.25) is 0 Å². The highest BCUT2D eigenvalue weighted by atomic mass is 127. The highest BCUT2D eigenvalue weighted by molar-refractivity contribution is 14.0. The summed E-state index contributed by atoms with van der Waals surface area (Å²) < 4.78 is 22.4. The predicted octanol–water partition coefficient (Wildman–Crippen LogP) is 2.51. The lowest BCUT2D eigenvalue weighted by Gasteiger charge is -2.20. The molecular formula is C18H33IN4O2S. The van der Waals surface area contributed by atoms with Crippen molar-refractivity contribution in [3.05, 3.63) is 30.3 Å². The van der Waals surface area contributed by atoms with Gasteiger partial charge in [0, 0.05) is 45.2 Å². The highest BCUT2D eigenvalue weighted by Crippen LogP contribution is 2.11. The first-order chi connectivity index (χ1) is 11.8. The molecular weight excluding hydrogens is 463 g/mol. The minimum Gasteiger partial charge on any atom is -0.375 e. The lowest BCUT2D eigenvalue weighted by atomic mass is 10.2. The lowest BCUT2D eigenvalue weighted by Crippen LogP contribution is -2.43. The van der Waals surface area contributed by atoms with Crippen LogP contribution in [0.3, 0.4) is 0 Å². The second-order valence-electron chi connectivity index (χ2n) is 6.43. The summed E-state index contributed by atoms with van der Waals surface area (Å²) in [5, 5.41) is 6.51. The van der Waals surface area contributed by atoms with Gasteiger partial charge in [-0.1, -0.05) is 18.2 Å². The summed E-state index contributed by atoms with van der Waals surface area (Å²) in [7, 11) is 0.906. The minimum atomic E-state index is -2.92. The average Bonchev–Trinajstić information content (AvgIpc) is 2.58. The maximum Gasteiger partial charge on any atom is 0.191 e. The molecule has 26 heavy (non-hydrogen) atoms. The van der Waals surface area contributed by atoms with E-state index in [0.29, 0.717) is 6.42 Å². The molecule has 0 saturated heterocycles. The molecule has 1 atom stereocenters. The largest absolute Gasteiger partial charge is 0.375 e. The second kappa shape index (κ2) is 13.2. The number of nitrogens with one attached hydrogen (secondary N) is 2. The Morgan fingerprint density at radius 1 is 1.23 bits per heavy atom. The number of aliphatic imine (C=N–C) groups is 1. The van der Waals surface area contributed by atoms with Gasteiger partial charge in [0.1, 0.15) is 9.84 Å². The van der Waals surface area contributed by atoms with E-state index in [9.17, 15) is 8.42 Å². The number of nitrogens with zero attached hydrogens (tertiary/aromatic N) is 2. The number of rotatable bonds is 10. The van der Waals surface area contributed by atoms with Crippen molar-refractivity contribution in [2.24, 2.45) is 4.99 Å². The van der Waals surface area contributed by atoms with Crippen LogP contribution >= 0.6 is 24.0 Å². The molecule has 0 aliphatic rings. The van der Waals surface area contributed by atoms with Gasteiger partial charge >= 0.3 is 0 Å². The maximum atomic E-state index is 11.2. The maximum absolute atomic E-state index is 11.2. The summed E-state index contributed by atoms with van der Waals surface area (Å²) in [5.41, 5.74) is 1.23. The molecule has 2 N–H and O–H groups in total. The number of hydrogen-bond donors (Lipinski definition) is 2. The molecule has 0 aliphatic heterocycles. The number of halogens is 1. The smallest absolute Gasteiger partial charge is 0.191 e. The Kier molecular flexibility index (Phi) is 12.7. The molecule has 1 unspecified atom stereocenters. The van der Waals surface area contributed by atoms with Crippen LogP contribution in [0, 0.1) is 0 Å². The summed E-state index contributed by atoms with van der Waals surface area (Å²) >= 11 is 0. The van der Waals surface area contributed by atoms with Gasteiger partial charge in [-0.25, -0.2) is 8.42 Å². The van der Waals surface area contributed by atoms with E-state index in [2.05, 4.69) is 39.7 Å². The molecule has 0 aliphatic carbocycles. The van der Waals surface area contributed by atoms with Crippen molar-refractivity contribution in [1.82, 2.24) is 10.6 Å². The van der Waals surface area contributed by atoms with Crippen molar-refractivity contribution in [1.29, 1.82) is 0 Å². The number of para-hydroxylation sites is 1. The van der Waals surface area contributed by atoms with Crippen LogP contribution in [-0.4, -0.2) is 59.6 Å². The van der Waals surface area contributed by atoms with Crippen molar-refractivity contribution in [3.63, 3.8) is 0 Å². The summed E-state index contributed by atoms with van der Waals surface area (Å²) in [4.78, 5) is 6.44. The fourth-order valence-electron chi connectivity index (χ4n) is 2.38. The molecule has 0 radical (unpaired) electrons. The van der Waals surface area contributed by atoms with Crippen LogP contribution in [0.25, 0.3) is 0 Å². The van der Waals surface area contributed by atoms with Gasteiger partial charge in [0.05, 0.1) is 5.75 Å². The summed E-state index contributed by atoms with van der Waals surface area (Å²) in [6.45, 7) is 3.80. The van der Waals surface area contributed by atoms with Gasteiger partial charge in [-0.2, -0.15) is 0 Å². The van der Waals surface area contributed by atoms with Crippen molar-refractivity contribution in [2.45, 2.75) is 32.2 Å². The SMILES string of the molecule is CN=C(NCCCCN(C)c1ccccc1)NC(C)CCS(C)(=O)=O.I. The Labute approximate surface area is 175 Å². The molecule has 0 fully saturated rings. The van der Waals surface area contributed by atoms with E-state index in [1.807, 2.05) is 25.1 Å². The third-order valence-electron chi connectivity index (χ3n) is 3.94. The normalized spacial score (nSPS) is 12.8. The summed E-state index contributed by atoms with van der Waals surface area (Å²) in [5.74, 6) is 0.904. The van der Waals surface area contributed by atoms with Gasteiger partial charge in [0.2, 0.25) is 0 Å². The van der Waals surface area contributed by atoms with Crippen LogP contribution in [0.4, 0.5) is 5.69 Å². The van der Waals surface area contributed by atoms with Gasteiger partial charge in [-0.05, 0) is 38.3 Å². The van der Waals surface area contributed by atoms with Crippen molar-refractivity contribution < 1.29 is 8.42 Å². The van der Waals surface area contributed by atoms with Crippen LogP contribution in [0.5, 0.6) is 0 Å². The van der Waals surface area contributed by atoms with Crippen LogP contribution < -0.4 is 15.5 Å². The number of anilines is 1. The Hall–Kier alpha value is -1.03. The van der Waals surface area contributed by atoms with Crippen LogP contribution in [0.1, 0.15) is 26.2 Å². The monoisotopic (exact) mass is 496 g/mol. The number of guanidine groups is 1. The molecule has 0 bridgehead atoms. The quantitative estimate of drug-likeness (QED) is 0.226. The summed E-state index contributed by atoms with van der Waals surface area (Å²) in [6.07, 6.45) is 3.95. The first-order valence-electron chi connectivity index (χ1n) is 8.73. The molecule has 0 aromatic heterocycles. The van der Waals surface area contributed by atoms with Gasteiger partial charge in [0.25, 0.3) is 0 Å². The van der Waals surface area contributed by atoms with E-state index in [1.165, 1.54) is 11.9 Å². The first-order valence-corrected chi connectivity index (χ1v) is 10.8. The Balaban J connectivity index is 0.00000625. The van der Waals surface area contributed by atoms with E-state index >= 15 is 0 Å². The molecule has 1 aromatic carbocycles. The van der Waals surface area contributed by atoms with Gasteiger partial charge in [-0.15, -0.1) is 24.0 Å². The predicted molar refractivity (Wildman–Crippen MR) is 123 cm³/mol. The fraction of sp³-hybridized carbons (Fsp3) is 0.611. The summed E-state index contributed by atoms with van der Waals surface area (Å²) in [6, 6.07) is 10.4. The topological polar surface area (TPSA) is 73.8 Å². The van der Waals surface area contributed by atoms with Crippen molar-refractivity contribution in [3.8, 4) is 0 Å². The Morgan fingerprint density at radius 2 is 1.88 bits per heavy atom. The average molecular weight is 496 g/mol. The zero-order valence-electron chi connectivity index (χ0n) is 16.2. The molecule has 8 heteroatoms. The molecule has 0 saturated carbocycles. The van der Waals surface area contributed by atoms with Gasteiger partial charge < -0.3 is 15.5 Å². The number of benzene rings is 1. The minimum absolute atomic E-state index is 0. The zero-order chi connectivity index (χ0) is 18.7. The van der Waals surface area contributed by atoms with E-state index in [1.54, 1.807) is 7.05 Å². The van der Waals surface area contributed by atoms with Crippen molar-refractivity contribution in [2.75, 3.05) is 44.1 Å². The molecule has 1 rings (SSSR count). The third-order valence-corrected chi connectivity index (χ3v) is 4.92.